The molecule has 0 aliphatic carbocycles. The van der Waals surface area contributed by atoms with Gasteiger partial charge in [0.05, 0.1) is 11.4 Å². The predicted molar refractivity (Wildman–Crippen MR) is 76.7 cm³/mol. The number of nitrogens with zero attached hydrogens (tertiary/aromatic N) is 2. The van der Waals surface area contributed by atoms with Crippen molar-refractivity contribution in [3.63, 3.8) is 0 Å². The van der Waals surface area contributed by atoms with Crippen LogP contribution in [0.2, 0.25) is 0 Å². The number of piperidine rings is 1. The molecule has 1 aromatic carbocycles. The third-order valence-corrected chi connectivity index (χ3v) is 3.92. The van der Waals surface area contributed by atoms with Crippen LogP contribution in [0.5, 0.6) is 0 Å². The molecular weight excluding hydrogens is 261 g/mol. The van der Waals surface area contributed by atoms with E-state index >= 15 is 0 Å². The Balaban J connectivity index is 2.26. The van der Waals surface area contributed by atoms with E-state index in [0.29, 0.717) is 11.7 Å². The van der Waals surface area contributed by atoms with Crippen LogP contribution in [0.4, 0.5) is 15.8 Å². The maximum Gasteiger partial charge on any atom is 0.340 e. The topological polar surface area (TPSA) is 69.8 Å². The largest absolute Gasteiger partial charge is 0.478 e. The average Bonchev–Trinajstić information content (AvgIpc) is 2.41. The number of benzene rings is 1. The fourth-order valence-electron chi connectivity index (χ4n) is 2.69. The summed E-state index contributed by atoms with van der Waals surface area (Å²) in [6.07, 6.45) is 1.90. The van der Waals surface area contributed by atoms with Crippen LogP contribution in [0.1, 0.15) is 23.2 Å². The molecule has 1 fully saturated rings. The molecule has 0 bridgehead atoms. The number of carboxylic acid groups (broad SMARTS) is 1. The lowest BCUT2D eigenvalue weighted by Crippen LogP contribution is -2.42. The summed E-state index contributed by atoms with van der Waals surface area (Å²) in [7, 11) is 4.08. The Morgan fingerprint density at radius 1 is 1.40 bits per heavy atom. The lowest BCUT2D eigenvalue weighted by atomic mass is 10.0. The van der Waals surface area contributed by atoms with Crippen LogP contribution in [0.3, 0.4) is 0 Å². The summed E-state index contributed by atoms with van der Waals surface area (Å²) in [5.41, 5.74) is 5.67. The molecule has 1 aromatic rings. The number of aromatic carboxylic acids is 1. The van der Waals surface area contributed by atoms with Crippen LogP contribution in [0.25, 0.3) is 0 Å². The van der Waals surface area contributed by atoms with Gasteiger partial charge in [-0.3, -0.25) is 0 Å². The Kier molecular flexibility index (Phi) is 4.13. The first kappa shape index (κ1) is 14.6. The molecule has 0 aromatic heterocycles. The number of carbonyl (C=O) groups is 1. The molecule has 0 amide bonds. The van der Waals surface area contributed by atoms with E-state index in [-0.39, 0.29) is 11.3 Å². The number of nitrogen functional groups attached to an aromatic ring is 1. The van der Waals surface area contributed by atoms with Crippen LogP contribution in [-0.2, 0) is 0 Å². The van der Waals surface area contributed by atoms with Gasteiger partial charge in [0.1, 0.15) is 11.4 Å². The van der Waals surface area contributed by atoms with Crippen LogP contribution >= 0.6 is 0 Å². The highest BCUT2D eigenvalue weighted by Crippen LogP contribution is 2.30. The van der Waals surface area contributed by atoms with Crippen molar-refractivity contribution in [1.29, 1.82) is 0 Å². The summed E-state index contributed by atoms with van der Waals surface area (Å²) in [6, 6.07) is 3.23. The van der Waals surface area contributed by atoms with Crippen molar-refractivity contribution in [3.8, 4) is 0 Å². The van der Waals surface area contributed by atoms with Gasteiger partial charge in [0.2, 0.25) is 0 Å². The summed E-state index contributed by atoms with van der Waals surface area (Å²) in [4.78, 5) is 15.5. The zero-order chi connectivity index (χ0) is 14.9. The van der Waals surface area contributed by atoms with Crippen LogP contribution in [-0.4, -0.2) is 49.2 Å². The number of anilines is 2. The number of carboxylic acids is 1. The van der Waals surface area contributed by atoms with E-state index in [1.54, 1.807) is 0 Å². The molecular formula is C14H20FN3O2. The Morgan fingerprint density at radius 2 is 2.00 bits per heavy atom. The van der Waals surface area contributed by atoms with Gasteiger partial charge in [-0.05, 0) is 39.1 Å². The standard InChI is InChI=1S/C14H20FN3O2/c1-17(2)9-5-7-18(8-6-9)11-4-3-10(15)13(16)12(11)14(19)20/h3-4,9H,5-8,16H2,1-2H3,(H,19,20). The quantitative estimate of drug-likeness (QED) is 0.824. The molecule has 0 atom stereocenters. The highest BCUT2D eigenvalue weighted by Gasteiger charge is 2.26. The third-order valence-electron chi connectivity index (χ3n) is 3.92. The van der Waals surface area contributed by atoms with E-state index in [1.165, 1.54) is 12.1 Å². The minimum atomic E-state index is -1.19. The number of hydrogen-bond donors (Lipinski definition) is 2. The molecule has 1 aliphatic heterocycles. The van der Waals surface area contributed by atoms with Gasteiger partial charge >= 0.3 is 5.97 Å². The second-order valence-electron chi connectivity index (χ2n) is 5.34. The zero-order valence-electron chi connectivity index (χ0n) is 11.8. The van der Waals surface area contributed by atoms with E-state index < -0.39 is 11.8 Å². The molecule has 1 aliphatic rings. The van der Waals surface area contributed by atoms with Gasteiger partial charge in [0, 0.05) is 19.1 Å². The van der Waals surface area contributed by atoms with Crippen LogP contribution in [0.15, 0.2) is 12.1 Å². The summed E-state index contributed by atoms with van der Waals surface area (Å²) in [5, 5.41) is 9.26. The smallest absolute Gasteiger partial charge is 0.340 e. The van der Waals surface area contributed by atoms with Crippen molar-refractivity contribution in [2.24, 2.45) is 0 Å². The molecule has 0 saturated carbocycles. The Hall–Kier alpha value is -1.82. The monoisotopic (exact) mass is 281 g/mol. The van der Waals surface area contributed by atoms with Gasteiger partial charge in [0.25, 0.3) is 0 Å². The molecule has 6 heteroatoms. The predicted octanol–water partition coefficient (Wildman–Crippen LogP) is 1.64. The molecule has 0 unspecified atom stereocenters. The maximum atomic E-state index is 13.4. The Morgan fingerprint density at radius 3 is 2.50 bits per heavy atom. The second kappa shape index (κ2) is 5.66. The van der Waals surface area contributed by atoms with E-state index in [9.17, 15) is 14.3 Å². The first-order valence-corrected chi connectivity index (χ1v) is 6.64. The van der Waals surface area contributed by atoms with Crippen LogP contribution in [0, 0.1) is 5.82 Å². The molecule has 3 N–H and O–H groups in total. The number of nitrogens with two attached hydrogens (primary N) is 1. The van der Waals surface area contributed by atoms with Gasteiger partial charge in [-0.25, -0.2) is 9.18 Å². The van der Waals surface area contributed by atoms with Crippen molar-refractivity contribution in [1.82, 2.24) is 4.90 Å². The first-order chi connectivity index (χ1) is 9.41. The molecule has 0 spiro atoms. The summed E-state index contributed by atoms with van der Waals surface area (Å²) in [6.45, 7) is 1.49. The highest BCUT2D eigenvalue weighted by atomic mass is 19.1. The molecule has 20 heavy (non-hydrogen) atoms. The van der Waals surface area contributed by atoms with Crippen molar-refractivity contribution in [3.05, 3.63) is 23.5 Å². The van der Waals surface area contributed by atoms with Crippen molar-refractivity contribution in [2.45, 2.75) is 18.9 Å². The Labute approximate surface area is 117 Å². The van der Waals surface area contributed by atoms with E-state index in [2.05, 4.69) is 4.90 Å². The Bertz CT molecular complexity index is 511. The number of halogens is 1. The number of hydrogen-bond acceptors (Lipinski definition) is 4. The third kappa shape index (κ3) is 2.70. The van der Waals surface area contributed by atoms with Crippen LogP contribution < -0.4 is 10.6 Å². The van der Waals surface area contributed by atoms with E-state index in [0.717, 1.165) is 25.9 Å². The molecule has 1 saturated heterocycles. The minimum Gasteiger partial charge on any atom is -0.478 e. The van der Waals surface area contributed by atoms with Gasteiger partial charge in [-0.1, -0.05) is 0 Å². The zero-order valence-corrected chi connectivity index (χ0v) is 11.8. The molecule has 1 heterocycles. The molecule has 110 valence electrons. The van der Waals surface area contributed by atoms with Crippen molar-refractivity contribution >= 4 is 17.3 Å². The normalized spacial score (nSPS) is 16.7. The van der Waals surface area contributed by atoms with Crippen molar-refractivity contribution in [2.75, 3.05) is 37.8 Å². The minimum absolute atomic E-state index is 0.131. The fourth-order valence-corrected chi connectivity index (χ4v) is 2.69. The summed E-state index contributed by atoms with van der Waals surface area (Å²) in [5.74, 6) is -1.87. The number of rotatable bonds is 3. The van der Waals surface area contributed by atoms with E-state index in [1.807, 2.05) is 19.0 Å². The molecule has 2 rings (SSSR count). The lowest BCUT2D eigenvalue weighted by Gasteiger charge is -2.37. The molecule has 0 radical (unpaired) electrons. The fraction of sp³-hybridized carbons (Fsp3) is 0.500. The van der Waals surface area contributed by atoms with Gasteiger partial charge in [0.15, 0.2) is 0 Å². The highest BCUT2D eigenvalue weighted by molar-refractivity contribution is 6.00. The maximum absolute atomic E-state index is 13.4. The average molecular weight is 281 g/mol. The summed E-state index contributed by atoms with van der Waals surface area (Å²) >= 11 is 0. The van der Waals surface area contributed by atoms with E-state index in [4.69, 9.17) is 5.73 Å². The van der Waals surface area contributed by atoms with Gasteiger partial charge in [-0.2, -0.15) is 0 Å². The molecule has 5 nitrogen and oxygen atoms in total. The SMILES string of the molecule is CN(C)C1CCN(c2ccc(F)c(N)c2C(=O)O)CC1. The first-order valence-electron chi connectivity index (χ1n) is 6.64. The van der Waals surface area contributed by atoms with Crippen molar-refractivity contribution < 1.29 is 14.3 Å². The second-order valence-corrected chi connectivity index (χ2v) is 5.34. The summed E-state index contributed by atoms with van der Waals surface area (Å²) < 4.78 is 13.4. The van der Waals surface area contributed by atoms with Gasteiger partial charge in [-0.15, -0.1) is 0 Å². The lowest BCUT2D eigenvalue weighted by molar-refractivity contribution is 0.0698. The van der Waals surface area contributed by atoms with Gasteiger partial charge < -0.3 is 20.6 Å².